The van der Waals surface area contributed by atoms with Crippen molar-refractivity contribution in [1.82, 2.24) is 0 Å². The maximum Gasteiger partial charge on any atom is -0.0292 e. The Hall–Kier alpha value is 0. The molecule has 0 nitrogen and oxygen atoms in total. The fourth-order valence-corrected chi connectivity index (χ4v) is 4.85. The maximum atomic E-state index is 2.57. The fourth-order valence-electron chi connectivity index (χ4n) is 4.85. The SMILES string of the molecule is CCC(C)(CC(C)C)C1C2CCCC(C)C21. The third-order valence-corrected chi connectivity index (χ3v) is 5.57. The standard InChI is InChI=1S/C16H30/c1-6-16(5,10-11(2)3)15-13-9-7-8-12(4)14(13)15/h11-15H,6-10H2,1-5H3. The lowest BCUT2D eigenvalue weighted by Gasteiger charge is -2.32. The quantitative estimate of drug-likeness (QED) is 0.618. The third kappa shape index (κ3) is 2.05. The van der Waals surface area contributed by atoms with Crippen LogP contribution in [0.3, 0.4) is 0 Å². The van der Waals surface area contributed by atoms with E-state index in [1.54, 1.807) is 0 Å². The first-order chi connectivity index (χ1) is 7.49. The van der Waals surface area contributed by atoms with E-state index in [4.69, 9.17) is 0 Å². The van der Waals surface area contributed by atoms with Crippen LogP contribution in [0.15, 0.2) is 0 Å². The van der Waals surface area contributed by atoms with Crippen LogP contribution in [-0.4, -0.2) is 0 Å². The van der Waals surface area contributed by atoms with Crippen molar-refractivity contribution in [3.63, 3.8) is 0 Å². The highest BCUT2D eigenvalue weighted by Crippen LogP contribution is 2.66. The van der Waals surface area contributed by atoms with Crippen LogP contribution in [0.5, 0.6) is 0 Å². The fraction of sp³-hybridized carbons (Fsp3) is 1.00. The van der Waals surface area contributed by atoms with E-state index in [0.717, 1.165) is 29.6 Å². The Balaban J connectivity index is 2.06. The van der Waals surface area contributed by atoms with Crippen molar-refractivity contribution < 1.29 is 0 Å². The topological polar surface area (TPSA) is 0 Å². The van der Waals surface area contributed by atoms with Crippen LogP contribution in [0.25, 0.3) is 0 Å². The molecule has 0 spiro atoms. The summed E-state index contributed by atoms with van der Waals surface area (Å²) in [6, 6.07) is 0. The average Bonchev–Trinajstić information content (AvgIpc) is 2.93. The second kappa shape index (κ2) is 4.35. The molecule has 5 atom stereocenters. The lowest BCUT2D eigenvalue weighted by atomic mass is 9.74. The predicted octanol–water partition coefficient (Wildman–Crippen LogP) is 5.13. The highest BCUT2D eigenvalue weighted by Gasteiger charge is 2.60. The first-order valence-corrected chi connectivity index (χ1v) is 7.49. The molecule has 2 fully saturated rings. The van der Waals surface area contributed by atoms with Crippen LogP contribution in [0, 0.1) is 35.0 Å². The van der Waals surface area contributed by atoms with E-state index in [1.165, 1.54) is 32.1 Å². The largest absolute Gasteiger partial charge is 0.0649 e. The predicted molar refractivity (Wildman–Crippen MR) is 71.3 cm³/mol. The van der Waals surface area contributed by atoms with Crippen molar-refractivity contribution in [2.45, 2.75) is 66.7 Å². The molecule has 16 heavy (non-hydrogen) atoms. The number of hydrogen-bond donors (Lipinski definition) is 0. The van der Waals surface area contributed by atoms with Crippen LogP contribution in [0.2, 0.25) is 0 Å². The summed E-state index contributed by atoms with van der Waals surface area (Å²) in [6.45, 7) is 12.3. The molecule has 0 aromatic carbocycles. The van der Waals surface area contributed by atoms with Crippen LogP contribution < -0.4 is 0 Å². The maximum absolute atomic E-state index is 2.57. The molecule has 0 saturated heterocycles. The van der Waals surface area contributed by atoms with E-state index in [1.807, 2.05) is 0 Å². The van der Waals surface area contributed by atoms with Gasteiger partial charge in [-0.1, -0.05) is 53.9 Å². The van der Waals surface area contributed by atoms with Gasteiger partial charge in [0.05, 0.1) is 0 Å². The molecule has 0 bridgehead atoms. The minimum absolute atomic E-state index is 0.641. The zero-order chi connectivity index (χ0) is 11.9. The number of fused-ring (bicyclic) bond motifs is 1. The molecular formula is C16H30. The van der Waals surface area contributed by atoms with Crippen molar-refractivity contribution in [2.24, 2.45) is 35.0 Å². The molecule has 2 rings (SSSR count). The van der Waals surface area contributed by atoms with Crippen LogP contribution in [0.1, 0.15) is 66.7 Å². The van der Waals surface area contributed by atoms with Crippen molar-refractivity contribution >= 4 is 0 Å². The van der Waals surface area contributed by atoms with E-state index in [2.05, 4.69) is 34.6 Å². The van der Waals surface area contributed by atoms with E-state index < -0.39 is 0 Å². The minimum atomic E-state index is 0.641. The molecule has 0 aliphatic heterocycles. The Morgan fingerprint density at radius 1 is 1.25 bits per heavy atom. The summed E-state index contributed by atoms with van der Waals surface area (Å²) >= 11 is 0. The molecule has 2 aliphatic rings. The van der Waals surface area contributed by atoms with Gasteiger partial charge in [0.25, 0.3) is 0 Å². The molecule has 94 valence electrons. The van der Waals surface area contributed by atoms with Crippen LogP contribution in [0.4, 0.5) is 0 Å². The molecule has 0 aromatic heterocycles. The number of rotatable bonds is 4. The lowest BCUT2D eigenvalue weighted by Crippen LogP contribution is -2.22. The number of hydrogen-bond acceptors (Lipinski definition) is 0. The van der Waals surface area contributed by atoms with E-state index in [-0.39, 0.29) is 0 Å². The van der Waals surface area contributed by atoms with Gasteiger partial charge in [0, 0.05) is 0 Å². The van der Waals surface area contributed by atoms with E-state index >= 15 is 0 Å². The van der Waals surface area contributed by atoms with Gasteiger partial charge in [-0.25, -0.2) is 0 Å². The Morgan fingerprint density at radius 3 is 2.44 bits per heavy atom. The lowest BCUT2D eigenvalue weighted by molar-refractivity contribution is 0.183. The molecule has 0 N–H and O–H groups in total. The van der Waals surface area contributed by atoms with Gasteiger partial charge in [-0.3, -0.25) is 0 Å². The van der Waals surface area contributed by atoms with Gasteiger partial charge in [-0.15, -0.1) is 0 Å². The molecular weight excluding hydrogens is 192 g/mol. The Kier molecular flexibility index (Phi) is 3.39. The van der Waals surface area contributed by atoms with Gasteiger partial charge >= 0.3 is 0 Å². The van der Waals surface area contributed by atoms with Crippen LogP contribution in [-0.2, 0) is 0 Å². The summed E-state index contributed by atoms with van der Waals surface area (Å²) < 4.78 is 0. The summed E-state index contributed by atoms with van der Waals surface area (Å²) in [7, 11) is 0. The van der Waals surface area contributed by atoms with Crippen molar-refractivity contribution in [3.05, 3.63) is 0 Å². The molecule has 0 heteroatoms. The van der Waals surface area contributed by atoms with Gasteiger partial charge in [-0.05, 0) is 47.8 Å². The zero-order valence-electron chi connectivity index (χ0n) is 11.9. The van der Waals surface area contributed by atoms with Gasteiger partial charge in [-0.2, -0.15) is 0 Å². The molecule has 0 heterocycles. The molecule has 5 unspecified atom stereocenters. The Bertz CT molecular complexity index is 242. The molecule has 2 aliphatic carbocycles. The molecule has 0 amide bonds. The van der Waals surface area contributed by atoms with Gasteiger partial charge < -0.3 is 0 Å². The molecule has 2 saturated carbocycles. The Morgan fingerprint density at radius 2 is 1.94 bits per heavy atom. The highest BCUT2D eigenvalue weighted by atomic mass is 14.6. The minimum Gasteiger partial charge on any atom is -0.0649 e. The second-order valence-corrected chi connectivity index (χ2v) is 7.28. The van der Waals surface area contributed by atoms with E-state index in [9.17, 15) is 0 Å². The summed E-state index contributed by atoms with van der Waals surface area (Å²) in [4.78, 5) is 0. The van der Waals surface area contributed by atoms with Gasteiger partial charge in [0.1, 0.15) is 0 Å². The zero-order valence-corrected chi connectivity index (χ0v) is 11.9. The summed E-state index contributed by atoms with van der Waals surface area (Å²) in [5, 5.41) is 0. The monoisotopic (exact) mass is 222 g/mol. The first kappa shape index (κ1) is 12.5. The molecule has 0 aromatic rings. The second-order valence-electron chi connectivity index (χ2n) is 7.28. The summed E-state index contributed by atoms with van der Waals surface area (Å²) in [6.07, 6.45) is 7.36. The molecule has 0 radical (unpaired) electrons. The summed E-state index contributed by atoms with van der Waals surface area (Å²) in [5.41, 5.74) is 0.641. The normalized spacial score (nSPS) is 41.6. The van der Waals surface area contributed by atoms with Crippen molar-refractivity contribution in [2.75, 3.05) is 0 Å². The smallest absolute Gasteiger partial charge is 0.0292 e. The first-order valence-electron chi connectivity index (χ1n) is 7.49. The highest BCUT2D eigenvalue weighted by molar-refractivity contribution is 5.08. The van der Waals surface area contributed by atoms with Crippen molar-refractivity contribution in [1.29, 1.82) is 0 Å². The van der Waals surface area contributed by atoms with E-state index in [0.29, 0.717) is 5.41 Å². The van der Waals surface area contributed by atoms with Crippen LogP contribution >= 0.6 is 0 Å². The van der Waals surface area contributed by atoms with Gasteiger partial charge in [0.2, 0.25) is 0 Å². The Labute approximate surface area is 102 Å². The van der Waals surface area contributed by atoms with Crippen molar-refractivity contribution in [3.8, 4) is 0 Å². The third-order valence-electron chi connectivity index (χ3n) is 5.57. The summed E-state index contributed by atoms with van der Waals surface area (Å²) in [5.74, 6) is 5.15. The van der Waals surface area contributed by atoms with Gasteiger partial charge in [0.15, 0.2) is 0 Å². The average molecular weight is 222 g/mol.